The van der Waals surface area contributed by atoms with E-state index in [1.54, 1.807) is 0 Å². The van der Waals surface area contributed by atoms with E-state index in [4.69, 9.17) is 50.8 Å². The average Bonchev–Trinajstić information content (AvgIpc) is 2.05. The van der Waals surface area contributed by atoms with E-state index in [0.717, 1.165) is 0 Å². The molecule has 1 saturated heterocycles. The third-order valence-electron chi connectivity index (χ3n) is 1.44. The third kappa shape index (κ3) is 0.965. The van der Waals surface area contributed by atoms with Crippen molar-refractivity contribution >= 4 is 50.8 Å². The van der Waals surface area contributed by atoms with Gasteiger partial charge in [0.15, 0.2) is 0 Å². The lowest BCUT2D eigenvalue weighted by Gasteiger charge is -2.25. The normalized spacial score (nSPS) is 37.3. The molecule has 1 nitrogen and oxygen atoms in total. The van der Waals surface area contributed by atoms with Crippen LogP contribution in [0.4, 0.5) is 0 Å². The number of hydrogen-bond donors (Lipinski definition) is 0. The van der Waals surface area contributed by atoms with Crippen LogP contribution in [0.1, 0.15) is 0 Å². The zero-order chi connectivity index (χ0) is 8.21. The molecule has 0 spiro atoms. The van der Waals surface area contributed by atoms with Gasteiger partial charge in [0.25, 0.3) is 0 Å². The fourth-order valence-corrected chi connectivity index (χ4v) is 0.805. The molecular formula is C3B5ClO. The Kier molecular flexibility index (Phi) is 1.59. The van der Waals surface area contributed by atoms with Crippen LogP contribution in [0.25, 0.3) is 0 Å². The van der Waals surface area contributed by atoms with Crippen LogP contribution in [0, 0.1) is 0 Å². The van der Waals surface area contributed by atoms with Gasteiger partial charge >= 0.3 is 0 Å². The predicted octanol–water partition coefficient (Wildman–Crippen LogP) is -1.90. The molecule has 0 N–H and O–H groups in total. The van der Waals surface area contributed by atoms with Gasteiger partial charge in [0.1, 0.15) is 23.5 Å². The highest BCUT2D eigenvalue weighted by Gasteiger charge is 2.63. The van der Waals surface area contributed by atoms with E-state index < -0.39 is 15.6 Å². The first-order valence-corrected chi connectivity index (χ1v) is 2.92. The molecule has 1 unspecified atom stereocenters. The third-order valence-corrected chi connectivity index (χ3v) is 1.72. The number of halogens is 1. The van der Waals surface area contributed by atoms with Crippen LogP contribution in [0.15, 0.2) is 0 Å². The zero-order valence-electron chi connectivity index (χ0n) is 5.17. The van der Waals surface area contributed by atoms with Crippen molar-refractivity contribution in [3.8, 4) is 0 Å². The van der Waals surface area contributed by atoms with Gasteiger partial charge in [-0.3, -0.25) is 0 Å². The summed E-state index contributed by atoms with van der Waals surface area (Å²) in [6, 6.07) is 0. The van der Waals surface area contributed by atoms with Gasteiger partial charge in [0.2, 0.25) is 0 Å². The summed E-state index contributed by atoms with van der Waals surface area (Å²) >= 11 is 5.40. The summed E-state index contributed by atoms with van der Waals surface area (Å²) in [4.78, 5) is 0. The first kappa shape index (κ1) is 8.67. The molecule has 0 aliphatic carbocycles. The minimum atomic E-state index is -1.74. The Labute approximate surface area is 71.6 Å². The molecule has 10 radical (unpaired) electrons. The maximum absolute atomic E-state index is 5.40. The molecule has 0 aromatic carbocycles. The van der Waals surface area contributed by atoms with E-state index in [1.165, 1.54) is 0 Å². The second-order valence-electron chi connectivity index (χ2n) is 2.40. The van der Waals surface area contributed by atoms with Crippen molar-refractivity contribution in [1.29, 1.82) is 0 Å². The number of hydrogen-bond acceptors (Lipinski definition) is 1. The topological polar surface area (TPSA) is 12.5 Å². The fraction of sp³-hybridized carbons (Fsp3) is 1.00. The van der Waals surface area contributed by atoms with Crippen LogP contribution in [-0.4, -0.2) is 54.8 Å². The van der Waals surface area contributed by atoms with Gasteiger partial charge in [-0.2, -0.15) is 0 Å². The van der Waals surface area contributed by atoms with Crippen molar-refractivity contribution in [2.75, 3.05) is 0 Å². The zero-order valence-corrected chi connectivity index (χ0v) is 5.93. The smallest absolute Gasteiger partial charge is 0.115 e. The van der Waals surface area contributed by atoms with E-state index in [1.807, 2.05) is 0 Å². The van der Waals surface area contributed by atoms with Gasteiger partial charge in [-0.25, -0.2) is 0 Å². The summed E-state index contributed by atoms with van der Waals surface area (Å²) in [5, 5.41) is -1.52. The van der Waals surface area contributed by atoms with E-state index in [9.17, 15) is 0 Å². The molecule has 0 aromatic rings. The minimum absolute atomic E-state index is 1.52. The summed E-state index contributed by atoms with van der Waals surface area (Å²) in [6.45, 7) is 0. The lowest BCUT2D eigenvalue weighted by molar-refractivity contribution is 0.364. The summed E-state index contributed by atoms with van der Waals surface area (Å²) in [5.74, 6) is 0. The molecule has 1 fully saturated rings. The molecule has 0 amide bonds. The molecule has 0 saturated carbocycles. The Morgan fingerprint density at radius 3 is 1.50 bits per heavy atom. The largest absolute Gasteiger partial charge is 0.394 e. The lowest BCUT2D eigenvalue weighted by Crippen LogP contribution is -2.47. The van der Waals surface area contributed by atoms with Gasteiger partial charge < -0.3 is 4.74 Å². The van der Waals surface area contributed by atoms with Crippen LogP contribution in [0.5, 0.6) is 0 Å². The second-order valence-corrected chi connectivity index (χ2v) is 3.02. The van der Waals surface area contributed by atoms with Gasteiger partial charge in [0, 0.05) is 10.9 Å². The first-order valence-electron chi connectivity index (χ1n) is 2.54. The highest BCUT2D eigenvalue weighted by molar-refractivity contribution is 6.68. The molecule has 0 bridgehead atoms. The van der Waals surface area contributed by atoms with Crippen molar-refractivity contribution in [2.24, 2.45) is 0 Å². The van der Waals surface area contributed by atoms with Crippen LogP contribution >= 0.6 is 11.6 Å². The molecule has 1 aliphatic rings. The molecule has 1 heterocycles. The van der Waals surface area contributed by atoms with E-state index >= 15 is 0 Å². The number of rotatable bonds is 1. The maximum Gasteiger partial charge on any atom is 0.115 e. The molecule has 1 rings (SSSR count). The molecule has 10 heavy (non-hydrogen) atoms. The van der Waals surface area contributed by atoms with Crippen molar-refractivity contribution in [2.45, 2.75) is 15.6 Å². The number of alkyl halides is 1. The lowest BCUT2D eigenvalue weighted by atomic mass is 9.44. The van der Waals surface area contributed by atoms with Crippen molar-refractivity contribution in [3.05, 3.63) is 0 Å². The molecule has 0 aromatic heterocycles. The van der Waals surface area contributed by atoms with Gasteiger partial charge in [0.05, 0.1) is 15.7 Å². The van der Waals surface area contributed by atoms with Crippen LogP contribution < -0.4 is 0 Å². The highest BCUT2D eigenvalue weighted by atomic mass is 35.5. The van der Waals surface area contributed by atoms with Crippen LogP contribution in [-0.2, 0) is 4.74 Å². The molecule has 7 heteroatoms. The molecule has 1 aliphatic heterocycles. The average molecular weight is 142 g/mol. The molecule has 1 atom stereocenters. The quantitative estimate of drug-likeness (QED) is 0.236. The van der Waals surface area contributed by atoms with Crippen molar-refractivity contribution in [1.82, 2.24) is 0 Å². The first-order chi connectivity index (χ1) is 4.21. The SMILES string of the molecule is [B]C([B])(Cl)C1([B])OC1([B])[B]. The molecular weight excluding hydrogens is 142 g/mol. The minimum Gasteiger partial charge on any atom is -0.394 e. The fourth-order valence-electron chi connectivity index (χ4n) is 0.619. The van der Waals surface area contributed by atoms with Gasteiger partial charge in [-0.15, -0.1) is 11.6 Å². The van der Waals surface area contributed by atoms with Crippen LogP contribution in [0.3, 0.4) is 0 Å². The van der Waals surface area contributed by atoms with E-state index in [2.05, 4.69) is 4.74 Å². The van der Waals surface area contributed by atoms with E-state index in [-0.39, 0.29) is 0 Å². The van der Waals surface area contributed by atoms with Crippen molar-refractivity contribution in [3.63, 3.8) is 0 Å². The Bertz CT molecular complexity index is 165. The summed E-state index contributed by atoms with van der Waals surface area (Å²) in [7, 11) is 26.1. The monoisotopic (exact) mass is 142 g/mol. The summed E-state index contributed by atoms with van der Waals surface area (Å²) in [5.41, 5.74) is -1.54. The van der Waals surface area contributed by atoms with Crippen molar-refractivity contribution < 1.29 is 4.74 Å². The summed E-state index contributed by atoms with van der Waals surface area (Å²) in [6.07, 6.45) is 0. The Hall–Kier alpha value is 0.575. The predicted molar refractivity (Wildman–Crippen MR) is 43.9 cm³/mol. The number of ether oxygens (including phenoxy) is 1. The molecule has 40 valence electrons. The second kappa shape index (κ2) is 1.84. The number of epoxide rings is 1. The van der Waals surface area contributed by atoms with Gasteiger partial charge in [-0.05, 0) is 4.67 Å². The Balaban J connectivity index is 2.78. The Morgan fingerprint density at radius 2 is 1.50 bits per heavy atom. The van der Waals surface area contributed by atoms with E-state index in [0.29, 0.717) is 0 Å². The standard InChI is InChI=1S/C3B5ClO/c4-1(2(5,6)9)3(7,8)10-1. The summed E-state index contributed by atoms with van der Waals surface area (Å²) < 4.78 is 2.87. The van der Waals surface area contributed by atoms with Gasteiger partial charge in [-0.1, -0.05) is 0 Å². The highest BCUT2D eigenvalue weighted by Crippen LogP contribution is 2.48. The van der Waals surface area contributed by atoms with Crippen LogP contribution in [0.2, 0.25) is 0 Å². The maximum atomic E-state index is 5.40. The Morgan fingerprint density at radius 1 is 1.20 bits per heavy atom.